The van der Waals surface area contributed by atoms with Crippen LogP contribution in [0.1, 0.15) is 261 Å². The molecule has 0 saturated carbocycles. The van der Waals surface area contributed by atoms with E-state index in [0.717, 1.165) is 77.0 Å². The molecule has 80 heavy (non-hydrogen) atoms. The normalized spacial score (nSPS) is 12.4. The third-order valence-electron chi connectivity index (χ3n) is 12.4. The SMILES string of the molecule is CCCCCCCC/C=C\CCCCCCCC(=O)OC[C@@H](COC(=O)CCC(=O)NCCSSCCNC(=O)C(CCCNC(=O)OC(C)(C)C)NC(=O)OC(C)(C)C)OC(=O)CCCCCCC/C=C\CCCCCCCC. The van der Waals surface area contributed by atoms with Crippen molar-refractivity contribution in [2.45, 2.75) is 284 Å². The summed E-state index contributed by atoms with van der Waals surface area (Å²) in [4.78, 5) is 88.5. The third-order valence-corrected chi connectivity index (χ3v) is 14.8. The number of alkyl carbamates (subject to hydrolysis) is 2. The zero-order chi connectivity index (χ0) is 59.4. The molecular formula is C62H112N4O12S2. The molecule has 2 atom stereocenters. The second-order valence-corrected chi connectivity index (χ2v) is 25.4. The van der Waals surface area contributed by atoms with E-state index in [1.165, 1.54) is 98.6 Å². The number of carbonyl (C=O) groups excluding carboxylic acids is 7. The molecule has 0 aliphatic rings. The van der Waals surface area contributed by atoms with Crippen LogP contribution in [0, 0.1) is 0 Å². The summed E-state index contributed by atoms with van der Waals surface area (Å²) in [6, 6.07) is -0.881. The van der Waals surface area contributed by atoms with Crippen molar-refractivity contribution in [3.8, 4) is 0 Å². The summed E-state index contributed by atoms with van der Waals surface area (Å²) >= 11 is 0. The van der Waals surface area contributed by atoms with Crippen LogP contribution in [0.15, 0.2) is 24.3 Å². The fourth-order valence-electron chi connectivity index (χ4n) is 8.08. The number of allylic oxidation sites excluding steroid dienone is 4. The van der Waals surface area contributed by atoms with Crippen LogP contribution in [0.4, 0.5) is 9.59 Å². The first-order chi connectivity index (χ1) is 38.3. The molecule has 1 unspecified atom stereocenters. The Kier molecular flexibility index (Phi) is 49.4. The monoisotopic (exact) mass is 1170 g/mol. The topological polar surface area (TPSA) is 214 Å². The molecule has 0 aliphatic carbocycles. The van der Waals surface area contributed by atoms with E-state index in [9.17, 15) is 33.6 Å². The number of amides is 4. The molecule has 16 nitrogen and oxygen atoms in total. The van der Waals surface area contributed by atoms with Gasteiger partial charge < -0.3 is 45.0 Å². The molecule has 4 amide bonds. The number of ether oxygens (including phenoxy) is 5. The minimum absolute atomic E-state index is 0.0941. The van der Waals surface area contributed by atoms with Crippen molar-refractivity contribution in [1.29, 1.82) is 0 Å². The molecule has 0 heterocycles. The number of hydrogen-bond donors (Lipinski definition) is 4. The van der Waals surface area contributed by atoms with Crippen LogP contribution in [0.3, 0.4) is 0 Å². The minimum Gasteiger partial charge on any atom is -0.462 e. The summed E-state index contributed by atoms with van der Waals surface area (Å²) in [5, 5.41) is 10.9. The van der Waals surface area contributed by atoms with E-state index >= 15 is 0 Å². The summed E-state index contributed by atoms with van der Waals surface area (Å²) in [5.41, 5.74) is -1.39. The average molecular weight is 1170 g/mol. The Bertz CT molecular complexity index is 1690. The van der Waals surface area contributed by atoms with Gasteiger partial charge in [-0.1, -0.05) is 162 Å². The lowest BCUT2D eigenvalue weighted by Crippen LogP contribution is -2.48. The molecule has 0 saturated heterocycles. The highest BCUT2D eigenvalue weighted by Crippen LogP contribution is 2.20. The van der Waals surface area contributed by atoms with Gasteiger partial charge in [-0.3, -0.25) is 24.0 Å². The number of hydrogen-bond acceptors (Lipinski definition) is 14. The summed E-state index contributed by atoms with van der Waals surface area (Å²) < 4.78 is 27.2. The predicted molar refractivity (Wildman–Crippen MR) is 327 cm³/mol. The van der Waals surface area contributed by atoms with Crippen LogP contribution in [-0.4, -0.2) is 110 Å². The molecule has 0 fully saturated rings. The molecule has 0 aliphatic heterocycles. The van der Waals surface area contributed by atoms with Gasteiger partial charge in [0.25, 0.3) is 0 Å². The lowest BCUT2D eigenvalue weighted by atomic mass is 10.1. The molecule has 0 aromatic carbocycles. The average Bonchev–Trinajstić information content (AvgIpc) is 3.39. The lowest BCUT2D eigenvalue weighted by molar-refractivity contribution is -0.167. The predicted octanol–water partition coefficient (Wildman–Crippen LogP) is 14.7. The summed E-state index contributed by atoms with van der Waals surface area (Å²) in [6.45, 7) is 15.4. The summed E-state index contributed by atoms with van der Waals surface area (Å²) in [6.07, 6.45) is 37.8. The first kappa shape index (κ1) is 76.1. The Morgan fingerprint density at radius 1 is 0.438 bits per heavy atom. The second kappa shape index (κ2) is 51.9. The van der Waals surface area contributed by atoms with Crippen LogP contribution in [0.5, 0.6) is 0 Å². The van der Waals surface area contributed by atoms with E-state index in [0.29, 0.717) is 43.9 Å². The van der Waals surface area contributed by atoms with Crippen molar-refractivity contribution in [2.24, 2.45) is 0 Å². The van der Waals surface area contributed by atoms with Gasteiger partial charge in [-0.15, -0.1) is 0 Å². The fraction of sp³-hybridized carbons (Fsp3) is 0.823. The zero-order valence-electron chi connectivity index (χ0n) is 51.3. The van der Waals surface area contributed by atoms with Crippen LogP contribution >= 0.6 is 21.6 Å². The highest BCUT2D eigenvalue weighted by Gasteiger charge is 2.25. The highest BCUT2D eigenvalue weighted by atomic mass is 33.1. The largest absolute Gasteiger partial charge is 0.462 e. The molecule has 0 spiro atoms. The van der Waals surface area contributed by atoms with E-state index in [2.05, 4.69) is 59.4 Å². The zero-order valence-corrected chi connectivity index (χ0v) is 52.9. The second-order valence-electron chi connectivity index (χ2n) is 22.7. The van der Waals surface area contributed by atoms with Gasteiger partial charge in [-0.2, -0.15) is 0 Å². The van der Waals surface area contributed by atoms with Crippen molar-refractivity contribution in [3.05, 3.63) is 24.3 Å². The third kappa shape index (κ3) is 54.6. The van der Waals surface area contributed by atoms with Gasteiger partial charge in [0.2, 0.25) is 11.8 Å². The van der Waals surface area contributed by atoms with Crippen molar-refractivity contribution in [2.75, 3.05) is 44.4 Å². The minimum atomic E-state index is -0.959. The molecule has 0 radical (unpaired) electrons. The molecule has 18 heteroatoms. The maximum Gasteiger partial charge on any atom is 0.408 e. The van der Waals surface area contributed by atoms with Gasteiger partial charge in [-0.05, 0) is 119 Å². The standard InChI is InChI=1S/C62H112N4O12S2/c1-9-11-13-15-17-19-21-23-25-27-29-31-33-35-37-41-55(68)74-50-52(76-57(70)42-38-36-34-32-30-28-26-24-22-20-18-16-14-12-10-2)51-75-56(69)44-43-54(67)63-46-48-79-80-49-47-64-58(71)53(66-60(73)78-62(6,7)8)40-39-45-65-59(72)77-61(3,4)5/h23-26,52-53H,9-22,27-51H2,1-8H3,(H,63,67)(H,64,71)(H,65,72)(H,66,73)/b25-23-,26-24-/t52-,53?/m0/s1. The first-order valence-electron chi connectivity index (χ1n) is 30.9. The highest BCUT2D eigenvalue weighted by molar-refractivity contribution is 8.76. The van der Waals surface area contributed by atoms with Gasteiger partial charge in [0.15, 0.2) is 6.10 Å². The Balaban J connectivity index is 4.77. The van der Waals surface area contributed by atoms with E-state index in [1.807, 2.05) is 0 Å². The van der Waals surface area contributed by atoms with Crippen molar-refractivity contribution >= 4 is 63.5 Å². The van der Waals surface area contributed by atoms with Gasteiger partial charge in [0.05, 0.1) is 6.42 Å². The molecule has 4 N–H and O–H groups in total. The van der Waals surface area contributed by atoms with Crippen LogP contribution in [0.2, 0.25) is 0 Å². The molecule has 0 aromatic rings. The maximum absolute atomic E-state index is 13.0. The van der Waals surface area contributed by atoms with Crippen LogP contribution in [0.25, 0.3) is 0 Å². The fourth-order valence-corrected chi connectivity index (χ4v) is 9.89. The first-order valence-corrected chi connectivity index (χ1v) is 33.4. The van der Waals surface area contributed by atoms with Gasteiger partial charge >= 0.3 is 30.1 Å². The van der Waals surface area contributed by atoms with Crippen LogP contribution < -0.4 is 21.3 Å². The lowest BCUT2D eigenvalue weighted by Gasteiger charge is -2.23. The Hall–Kier alpha value is -3.93. The van der Waals surface area contributed by atoms with Crippen molar-refractivity contribution < 1.29 is 57.2 Å². The molecule has 0 bridgehead atoms. The van der Waals surface area contributed by atoms with E-state index < -0.39 is 47.5 Å². The number of carbonyl (C=O) groups is 7. The summed E-state index contributed by atoms with van der Waals surface area (Å²) in [5.74, 6) is -1.03. The van der Waals surface area contributed by atoms with Crippen molar-refractivity contribution in [3.63, 3.8) is 0 Å². The van der Waals surface area contributed by atoms with E-state index in [1.54, 1.807) is 41.5 Å². The quantitative estimate of drug-likeness (QED) is 0.0147. The Labute approximate surface area is 492 Å². The summed E-state index contributed by atoms with van der Waals surface area (Å²) in [7, 11) is 3.01. The Morgan fingerprint density at radius 2 is 0.850 bits per heavy atom. The maximum atomic E-state index is 13.0. The molecule has 464 valence electrons. The van der Waals surface area contributed by atoms with E-state index in [4.69, 9.17) is 23.7 Å². The smallest absolute Gasteiger partial charge is 0.408 e. The number of rotatable bonds is 51. The van der Waals surface area contributed by atoms with Crippen molar-refractivity contribution in [1.82, 2.24) is 21.3 Å². The van der Waals surface area contributed by atoms with Crippen LogP contribution in [-0.2, 0) is 47.7 Å². The number of nitrogens with one attached hydrogen (secondary N) is 4. The Morgan fingerprint density at radius 3 is 1.32 bits per heavy atom. The van der Waals surface area contributed by atoms with Gasteiger partial charge in [0.1, 0.15) is 30.5 Å². The number of esters is 3. The number of unbranched alkanes of at least 4 members (excludes halogenated alkanes) is 22. The van der Waals surface area contributed by atoms with Gasteiger partial charge in [-0.25, -0.2) is 9.59 Å². The molecular weight excluding hydrogens is 1060 g/mol. The van der Waals surface area contributed by atoms with Gasteiger partial charge in [0, 0.05) is 50.4 Å². The molecule has 0 aromatic heterocycles. The van der Waals surface area contributed by atoms with E-state index in [-0.39, 0.29) is 69.6 Å². The molecule has 0 rings (SSSR count).